The Morgan fingerprint density at radius 3 is 3.18 bits per heavy atom. The number of rotatable bonds is 3. The largest absolute Gasteiger partial charge is 0.454 e. The molecule has 0 bridgehead atoms. The van der Waals surface area contributed by atoms with E-state index in [4.69, 9.17) is 9.47 Å². The minimum absolute atomic E-state index is 0.365. The molecule has 0 aliphatic carbocycles. The summed E-state index contributed by atoms with van der Waals surface area (Å²) in [6.45, 7) is 4.99. The number of para-hydroxylation sites is 1. The smallest absolute Gasteiger partial charge is 0.231 e. The average molecular weight is 233 g/mol. The van der Waals surface area contributed by atoms with Crippen LogP contribution in [-0.4, -0.2) is 19.9 Å². The molecule has 1 N–H and O–H groups in total. The second-order valence-corrected chi connectivity index (χ2v) is 5.08. The summed E-state index contributed by atoms with van der Waals surface area (Å²) < 4.78 is 11.0. The summed E-state index contributed by atoms with van der Waals surface area (Å²) in [5, 5.41) is 3.43. The lowest BCUT2D eigenvalue weighted by Gasteiger charge is -2.17. The Balaban J connectivity index is 1.76. The predicted molar refractivity (Wildman–Crippen MR) is 66.6 cm³/mol. The van der Waals surface area contributed by atoms with Gasteiger partial charge in [0.25, 0.3) is 0 Å². The molecule has 1 fully saturated rings. The molecule has 2 aliphatic rings. The van der Waals surface area contributed by atoms with E-state index < -0.39 is 0 Å². The second kappa shape index (κ2) is 4.57. The fourth-order valence-electron chi connectivity index (χ4n) is 2.88. The predicted octanol–water partition coefficient (Wildman–Crippen LogP) is 2.52. The van der Waals surface area contributed by atoms with Crippen LogP contribution in [0.5, 0.6) is 11.5 Å². The number of ether oxygens (including phenoxy) is 2. The fourth-order valence-corrected chi connectivity index (χ4v) is 2.88. The highest BCUT2D eigenvalue weighted by molar-refractivity contribution is 5.49. The number of nitrogens with one attached hydrogen (secondary N) is 1. The molecule has 0 aromatic heterocycles. The maximum absolute atomic E-state index is 5.58. The fraction of sp³-hybridized carbons (Fsp3) is 0.571. The van der Waals surface area contributed by atoms with Crippen LogP contribution in [0, 0.1) is 5.92 Å². The molecular weight excluding hydrogens is 214 g/mol. The van der Waals surface area contributed by atoms with Gasteiger partial charge in [0, 0.05) is 5.56 Å². The quantitative estimate of drug-likeness (QED) is 0.870. The van der Waals surface area contributed by atoms with Crippen molar-refractivity contribution >= 4 is 0 Å². The third kappa shape index (κ3) is 2.12. The van der Waals surface area contributed by atoms with Crippen molar-refractivity contribution in [2.75, 3.05) is 19.9 Å². The van der Waals surface area contributed by atoms with Crippen molar-refractivity contribution in [3.05, 3.63) is 23.8 Å². The van der Waals surface area contributed by atoms with E-state index in [-0.39, 0.29) is 0 Å². The van der Waals surface area contributed by atoms with Crippen molar-refractivity contribution in [3.8, 4) is 11.5 Å². The van der Waals surface area contributed by atoms with Crippen LogP contribution in [0.4, 0.5) is 0 Å². The second-order valence-electron chi connectivity index (χ2n) is 5.08. The normalized spacial score (nSPS) is 23.9. The summed E-state index contributed by atoms with van der Waals surface area (Å²) in [4.78, 5) is 0. The summed E-state index contributed by atoms with van der Waals surface area (Å²) in [6.07, 6.45) is 2.53. The van der Waals surface area contributed by atoms with E-state index in [2.05, 4.69) is 24.4 Å². The molecule has 2 heterocycles. The number of hydrogen-bond acceptors (Lipinski definition) is 3. The Bertz CT molecular complexity index is 399. The maximum Gasteiger partial charge on any atom is 0.231 e. The van der Waals surface area contributed by atoms with Crippen molar-refractivity contribution in [1.29, 1.82) is 0 Å². The molecule has 92 valence electrons. The van der Waals surface area contributed by atoms with E-state index in [0.29, 0.717) is 12.7 Å². The third-order valence-corrected chi connectivity index (χ3v) is 3.81. The summed E-state index contributed by atoms with van der Waals surface area (Å²) in [5.74, 6) is 3.21. The molecule has 1 aromatic rings. The zero-order chi connectivity index (χ0) is 11.7. The first-order valence-electron chi connectivity index (χ1n) is 6.44. The van der Waals surface area contributed by atoms with Gasteiger partial charge >= 0.3 is 0 Å². The summed E-state index contributed by atoms with van der Waals surface area (Å²) in [6, 6.07) is 6.21. The van der Waals surface area contributed by atoms with Crippen LogP contribution in [-0.2, 0) is 0 Å². The monoisotopic (exact) mass is 233 g/mol. The molecule has 3 heteroatoms. The zero-order valence-electron chi connectivity index (χ0n) is 10.2. The topological polar surface area (TPSA) is 30.5 Å². The molecule has 1 aromatic carbocycles. The highest BCUT2D eigenvalue weighted by atomic mass is 16.7. The van der Waals surface area contributed by atoms with Crippen LogP contribution in [0.3, 0.4) is 0 Å². The van der Waals surface area contributed by atoms with Gasteiger partial charge in [-0.2, -0.15) is 0 Å². The summed E-state index contributed by atoms with van der Waals surface area (Å²) in [7, 11) is 0. The molecule has 1 saturated heterocycles. The Labute approximate surface area is 102 Å². The van der Waals surface area contributed by atoms with Gasteiger partial charge in [0.15, 0.2) is 11.5 Å². The van der Waals surface area contributed by atoms with E-state index >= 15 is 0 Å². The first-order chi connectivity index (χ1) is 8.34. The van der Waals surface area contributed by atoms with Crippen molar-refractivity contribution in [1.82, 2.24) is 5.32 Å². The minimum atomic E-state index is 0.365. The van der Waals surface area contributed by atoms with Crippen LogP contribution in [0.25, 0.3) is 0 Å². The lowest BCUT2D eigenvalue weighted by Crippen LogP contribution is -2.11. The van der Waals surface area contributed by atoms with Crippen LogP contribution >= 0.6 is 0 Å². The van der Waals surface area contributed by atoms with Gasteiger partial charge in [-0.15, -0.1) is 0 Å². The van der Waals surface area contributed by atoms with E-state index in [1.807, 2.05) is 6.07 Å². The molecule has 2 unspecified atom stereocenters. The first-order valence-corrected chi connectivity index (χ1v) is 6.44. The number of fused-ring (bicyclic) bond motifs is 1. The van der Waals surface area contributed by atoms with Crippen LogP contribution < -0.4 is 14.8 Å². The van der Waals surface area contributed by atoms with Gasteiger partial charge in [-0.05, 0) is 43.8 Å². The van der Waals surface area contributed by atoms with Gasteiger partial charge in [0.2, 0.25) is 6.79 Å². The van der Waals surface area contributed by atoms with Crippen LogP contribution in [0.2, 0.25) is 0 Å². The van der Waals surface area contributed by atoms with Gasteiger partial charge in [-0.3, -0.25) is 0 Å². The lowest BCUT2D eigenvalue weighted by atomic mass is 9.89. The van der Waals surface area contributed by atoms with Crippen molar-refractivity contribution < 1.29 is 9.47 Å². The van der Waals surface area contributed by atoms with Crippen molar-refractivity contribution in [3.63, 3.8) is 0 Å². The number of benzene rings is 1. The van der Waals surface area contributed by atoms with E-state index in [1.54, 1.807) is 0 Å². The molecule has 0 spiro atoms. The molecule has 0 radical (unpaired) electrons. The molecule has 17 heavy (non-hydrogen) atoms. The van der Waals surface area contributed by atoms with Crippen LogP contribution in [0.15, 0.2) is 18.2 Å². The SMILES string of the molecule is CC(CC1CCNC1)c1cccc2c1OCO2. The highest BCUT2D eigenvalue weighted by Gasteiger charge is 2.24. The van der Waals surface area contributed by atoms with E-state index in [9.17, 15) is 0 Å². The van der Waals surface area contributed by atoms with Crippen molar-refractivity contribution in [2.45, 2.75) is 25.7 Å². The van der Waals surface area contributed by atoms with Gasteiger partial charge in [0.05, 0.1) is 0 Å². The third-order valence-electron chi connectivity index (χ3n) is 3.81. The van der Waals surface area contributed by atoms with Gasteiger partial charge in [0.1, 0.15) is 0 Å². The van der Waals surface area contributed by atoms with E-state index in [1.165, 1.54) is 24.9 Å². The van der Waals surface area contributed by atoms with E-state index in [0.717, 1.165) is 24.0 Å². The Hall–Kier alpha value is -1.22. The van der Waals surface area contributed by atoms with Gasteiger partial charge < -0.3 is 14.8 Å². The highest BCUT2D eigenvalue weighted by Crippen LogP contribution is 2.41. The summed E-state index contributed by atoms with van der Waals surface area (Å²) >= 11 is 0. The Kier molecular flexibility index (Phi) is 2.93. The molecule has 0 saturated carbocycles. The molecule has 2 atom stereocenters. The maximum atomic E-state index is 5.58. The molecule has 0 amide bonds. The van der Waals surface area contributed by atoms with Crippen molar-refractivity contribution in [2.24, 2.45) is 5.92 Å². The summed E-state index contributed by atoms with van der Waals surface area (Å²) in [5.41, 5.74) is 1.30. The zero-order valence-corrected chi connectivity index (χ0v) is 10.2. The standard InChI is InChI=1S/C14H19NO2/c1-10(7-11-5-6-15-8-11)12-3-2-4-13-14(12)17-9-16-13/h2-4,10-11,15H,5-9H2,1H3. The van der Waals surface area contributed by atoms with Gasteiger partial charge in [-0.1, -0.05) is 19.1 Å². The Morgan fingerprint density at radius 2 is 2.35 bits per heavy atom. The lowest BCUT2D eigenvalue weighted by molar-refractivity contribution is 0.173. The van der Waals surface area contributed by atoms with Crippen LogP contribution in [0.1, 0.15) is 31.2 Å². The first kappa shape index (κ1) is 10.9. The molecule has 3 nitrogen and oxygen atoms in total. The molecule has 2 aliphatic heterocycles. The Morgan fingerprint density at radius 1 is 1.41 bits per heavy atom. The van der Waals surface area contributed by atoms with Gasteiger partial charge in [-0.25, -0.2) is 0 Å². The molecular formula is C14H19NO2. The number of hydrogen-bond donors (Lipinski definition) is 1. The minimum Gasteiger partial charge on any atom is -0.454 e. The average Bonchev–Trinajstić information content (AvgIpc) is 2.97. The molecule has 3 rings (SSSR count).